The molecular weight excluding hydrogens is 1480 g/mol. The van der Waals surface area contributed by atoms with Gasteiger partial charge in [0.15, 0.2) is 164 Å². The van der Waals surface area contributed by atoms with E-state index >= 15 is 105 Å². The Hall–Kier alpha value is -13.7. The van der Waals surface area contributed by atoms with Gasteiger partial charge < -0.3 is 28.4 Å². The highest BCUT2D eigenvalue weighted by atomic mass is 19.2. The van der Waals surface area contributed by atoms with Gasteiger partial charge in [-0.1, -0.05) is 30.7 Å². The second-order valence-electron chi connectivity index (χ2n) is 17.8. The Labute approximate surface area is 536 Å². The van der Waals surface area contributed by atoms with Crippen molar-refractivity contribution in [1.82, 2.24) is 0 Å². The third-order valence-electron chi connectivity index (χ3n) is 12.4. The molecule has 0 heterocycles. The summed E-state index contributed by atoms with van der Waals surface area (Å²) < 4.78 is 400. The predicted molar refractivity (Wildman–Crippen MR) is 268 cm³/mol. The maximum Gasteiger partial charge on any atom is 0.344 e. The maximum absolute atomic E-state index is 16.0. The lowest BCUT2D eigenvalue weighted by Gasteiger charge is -2.36. The van der Waals surface area contributed by atoms with Gasteiger partial charge in [0, 0.05) is 29.5 Å². The lowest BCUT2D eigenvalue weighted by Crippen LogP contribution is -2.55. The SMILES string of the molecule is [N-]=[N+]=Nc1c(F)c(F)c(C(=O)OCC(OC(=O)c2c(F)c(F)c(N=[N+]=[N-])c(F)c2F)C(OC(=O)c2c(F)c(F)c(N=[N+]=[N-])c(F)c2F)C(OC(=O)c2c(F)c(F)c(N=[N+]=[N-])c(F)c2F)C(COC(=O)c2c(F)c(F)c(N=[N+]=[N-])c(F)c2F)OC(=O)c2c(F)c(F)c(N=[N+]=[N-])c(F)c2F)c(F)c1F. The number of rotatable bonds is 23. The minimum absolute atomic E-state index is 1.75. The molecule has 6 aromatic rings. The van der Waals surface area contributed by atoms with Crippen LogP contribution in [0.15, 0.2) is 30.7 Å². The Kier molecular flexibility index (Phi) is 23.7. The predicted octanol–water partition coefficient (Wildman–Crippen LogP) is 16.6. The highest BCUT2D eigenvalue weighted by molar-refractivity contribution is 5.95. The first-order valence-corrected chi connectivity index (χ1v) is 24.6. The van der Waals surface area contributed by atoms with E-state index in [1.54, 1.807) is 29.5 Å². The van der Waals surface area contributed by atoms with Crippen LogP contribution in [0.3, 0.4) is 0 Å². The number of nitrogens with zero attached hydrogens (tertiary/aromatic N) is 18. The third kappa shape index (κ3) is 14.2. The zero-order valence-electron chi connectivity index (χ0n) is 46.7. The van der Waals surface area contributed by atoms with E-state index in [9.17, 15) is 28.8 Å². The Morgan fingerprint density at radius 1 is 0.235 bits per heavy atom. The van der Waals surface area contributed by atoms with Crippen LogP contribution in [0.5, 0.6) is 0 Å². The van der Waals surface area contributed by atoms with Gasteiger partial charge in [-0.3, -0.25) is 0 Å². The number of hydrogen-bond donors (Lipinski definition) is 0. The first-order chi connectivity index (χ1) is 47.9. The lowest BCUT2D eigenvalue weighted by molar-refractivity contribution is -0.139. The van der Waals surface area contributed by atoms with E-state index < -0.39 is 281 Å². The minimum atomic E-state index is -4.78. The number of benzene rings is 6. The van der Waals surface area contributed by atoms with Crippen molar-refractivity contribution in [2.75, 3.05) is 13.2 Å². The summed E-state index contributed by atoms with van der Waals surface area (Å²) in [5.74, 6) is -96.7. The van der Waals surface area contributed by atoms with Crippen molar-refractivity contribution in [3.05, 3.63) is 236 Å². The number of carbonyl (C=O) groups excluding carboxylic acids is 6. The van der Waals surface area contributed by atoms with Gasteiger partial charge >= 0.3 is 35.8 Å². The summed E-state index contributed by atoms with van der Waals surface area (Å²) >= 11 is 0. The molecule has 0 aromatic heterocycles. The molecule has 0 amide bonds. The summed E-state index contributed by atoms with van der Waals surface area (Å²) in [5, 5.41) is 13.1. The van der Waals surface area contributed by atoms with E-state index in [0.717, 1.165) is 0 Å². The summed E-state index contributed by atoms with van der Waals surface area (Å²) in [7, 11) is 0. The number of halogens is 24. The third-order valence-corrected chi connectivity index (χ3v) is 12.4. The molecule has 0 aliphatic carbocycles. The topological polar surface area (TPSA) is 450 Å². The van der Waals surface area contributed by atoms with Crippen molar-refractivity contribution in [2.45, 2.75) is 24.4 Å². The van der Waals surface area contributed by atoms with Gasteiger partial charge in [-0.25, -0.2) is 134 Å². The molecule has 0 radical (unpaired) electrons. The molecule has 0 N–H and O–H groups in total. The molecule has 102 heavy (non-hydrogen) atoms. The number of esters is 6. The van der Waals surface area contributed by atoms with E-state index in [-0.39, 0.29) is 0 Å². The molecule has 0 bridgehead atoms. The van der Waals surface area contributed by atoms with Crippen LogP contribution in [0, 0.1) is 140 Å². The fraction of sp³-hybridized carbons (Fsp3) is 0.125. The zero-order valence-corrected chi connectivity index (χ0v) is 46.7. The van der Waals surface area contributed by atoms with Gasteiger partial charge in [0.25, 0.3) is 0 Å². The summed E-state index contributed by atoms with van der Waals surface area (Å²) in [5.41, 5.74) is 19.3. The molecule has 0 aliphatic heterocycles. The maximum atomic E-state index is 16.0. The van der Waals surface area contributed by atoms with Crippen molar-refractivity contribution < 1.29 is 163 Å². The quantitative estimate of drug-likeness (QED) is 0.0110. The molecule has 0 saturated heterocycles. The molecule has 530 valence electrons. The van der Waals surface area contributed by atoms with E-state index in [2.05, 4.69) is 59.1 Å². The van der Waals surface area contributed by atoms with E-state index in [4.69, 9.17) is 33.2 Å². The van der Waals surface area contributed by atoms with Crippen LogP contribution in [-0.4, -0.2) is 73.4 Å². The zero-order chi connectivity index (χ0) is 76.7. The minimum Gasteiger partial charge on any atom is -0.458 e. The highest BCUT2D eigenvalue weighted by Gasteiger charge is 2.50. The van der Waals surface area contributed by atoms with E-state index in [1.807, 2.05) is 0 Å². The van der Waals surface area contributed by atoms with Crippen molar-refractivity contribution in [3.8, 4) is 0 Å². The van der Waals surface area contributed by atoms with Crippen LogP contribution < -0.4 is 0 Å². The standard InChI is InChI=1S/C48H8F24N18O12/c49-11-5(12(50)24(62)35(23(11)61)79-85-73)43(91)97-1-3(99-45(93)7-15(53)27(65)37(81-87-75)28(66)16(7)54)41(101-47(95)9-19(57)31(69)39(83-89-77)32(70)20(9)58)42(102-48(96)10-21(59)33(71)40(84-90-78)34(72)22(10)60)4(100-46(94)8-17(55)29(67)38(82-88-76)30(68)18(8)56)2-98-44(92)6-13(51)25(63)36(80-86-74)26(64)14(6)52/h3-4,41-42H,1-2H2. The van der Waals surface area contributed by atoms with Gasteiger partial charge in [-0.15, -0.1) is 0 Å². The molecular formula is C48H8F24N18O12. The highest BCUT2D eigenvalue weighted by Crippen LogP contribution is 2.40. The van der Waals surface area contributed by atoms with Crippen molar-refractivity contribution in [1.29, 1.82) is 0 Å². The van der Waals surface area contributed by atoms with E-state index in [1.165, 1.54) is 0 Å². The van der Waals surface area contributed by atoms with Crippen LogP contribution in [0.1, 0.15) is 62.1 Å². The number of carbonyl (C=O) groups is 6. The number of hydrogen-bond acceptors (Lipinski definition) is 18. The van der Waals surface area contributed by atoms with Crippen LogP contribution in [0.4, 0.5) is 139 Å². The normalized spacial score (nSPS) is 11.9. The molecule has 0 aliphatic rings. The molecule has 0 saturated carbocycles. The molecule has 0 spiro atoms. The van der Waals surface area contributed by atoms with Crippen molar-refractivity contribution in [3.63, 3.8) is 0 Å². The van der Waals surface area contributed by atoms with Crippen LogP contribution in [-0.2, 0) is 28.4 Å². The summed E-state index contributed by atoms with van der Waals surface area (Å²) in [6.45, 7) is -6.24. The van der Waals surface area contributed by atoms with Gasteiger partial charge in [-0.05, 0) is 33.2 Å². The molecule has 6 rings (SSSR count). The Bertz CT molecular complexity index is 4540. The molecule has 0 fully saturated rings. The molecule has 54 heteroatoms. The average molecular weight is 1480 g/mol. The molecule has 30 nitrogen and oxygen atoms in total. The summed E-state index contributed by atoms with van der Waals surface area (Å²) in [6, 6.07) is 0. The summed E-state index contributed by atoms with van der Waals surface area (Å²) in [4.78, 5) is 94.6. The first kappa shape index (κ1) is 77.3. The molecule has 4 unspecified atom stereocenters. The van der Waals surface area contributed by atoms with Gasteiger partial charge in [0.1, 0.15) is 80.7 Å². The van der Waals surface area contributed by atoms with Gasteiger partial charge in [0.05, 0.1) is 0 Å². The van der Waals surface area contributed by atoms with Crippen LogP contribution in [0.2, 0.25) is 0 Å². The molecule has 6 aromatic carbocycles. The number of ether oxygens (including phenoxy) is 6. The average Bonchev–Trinajstić information content (AvgIpc) is 0.792. The largest absolute Gasteiger partial charge is 0.458 e. The second-order valence-corrected chi connectivity index (χ2v) is 17.8. The monoisotopic (exact) mass is 1480 g/mol. The van der Waals surface area contributed by atoms with Crippen molar-refractivity contribution in [2.24, 2.45) is 30.7 Å². The Morgan fingerprint density at radius 2 is 0.373 bits per heavy atom. The van der Waals surface area contributed by atoms with Crippen LogP contribution in [0.25, 0.3) is 62.7 Å². The fourth-order valence-electron chi connectivity index (χ4n) is 7.91. The summed E-state index contributed by atoms with van der Waals surface area (Å²) in [6.07, 6.45) is -18.5. The number of azide groups is 6. The smallest absolute Gasteiger partial charge is 0.344 e. The van der Waals surface area contributed by atoms with E-state index in [0.29, 0.717) is 0 Å². The second kappa shape index (κ2) is 31.2. The Morgan fingerprint density at radius 3 is 0.520 bits per heavy atom. The fourth-order valence-corrected chi connectivity index (χ4v) is 7.91. The van der Waals surface area contributed by atoms with Crippen LogP contribution >= 0.6 is 0 Å². The first-order valence-electron chi connectivity index (χ1n) is 24.6. The Balaban J connectivity index is 1.87. The van der Waals surface area contributed by atoms with Gasteiger partial charge in [0.2, 0.25) is 0 Å². The molecule has 4 atom stereocenters. The van der Waals surface area contributed by atoms with Crippen molar-refractivity contribution >= 4 is 69.9 Å². The lowest BCUT2D eigenvalue weighted by atomic mass is 10.0. The van der Waals surface area contributed by atoms with Gasteiger partial charge in [-0.2, -0.15) is 0 Å².